The molecule has 1 saturated heterocycles. The van der Waals surface area contributed by atoms with Crippen LogP contribution < -0.4 is 10.1 Å². The summed E-state index contributed by atoms with van der Waals surface area (Å²) in [6.45, 7) is 11.5. The molecule has 150 valence electrons. The van der Waals surface area contributed by atoms with Gasteiger partial charge in [-0.2, -0.15) is 0 Å². The quantitative estimate of drug-likeness (QED) is 0.791. The molecule has 1 aromatic carbocycles. The lowest BCUT2D eigenvalue weighted by Crippen LogP contribution is -2.49. The van der Waals surface area contributed by atoms with Crippen LogP contribution in [0.15, 0.2) is 24.3 Å². The number of ether oxygens (including phenoxy) is 1. The summed E-state index contributed by atoms with van der Waals surface area (Å²) < 4.78 is 5.84. The first-order chi connectivity index (χ1) is 12.8. The Hall–Kier alpha value is -2.04. The van der Waals surface area contributed by atoms with Gasteiger partial charge < -0.3 is 15.0 Å². The first kappa shape index (κ1) is 21.3. The number of likely N-dealkylation sites (tertiary alicyclic amines) is 1. The molecule has 27 heavy (non-hydrogen) atoms. The van der Waals surface area contributed by atoms with E-state index in [1.807, 2.05) is 43.0 Å². The second-order valence-corrected chi connectivity index (χ2v) is 8.25. The van der Waals surface area contributed by atoms with Gasteiger partial charge in [0.1, 0.15) is 5.75 Å². The van der Waals surface area contributed by atoms with Crippen molar-refractivity contribution in [3.63, 3.8) is 0 Å². The van der Waals surface area contributed by atoms with Crippen molar-refractivity contribution in [2.75, 3.05) is 13.1 Å². The molecule has 5 heteroatoms. The van der Waals surface area contributed by atoms with Gasteiger partial charge in [0.25, 0.3) is 5.91 Å². The molecule has 0 spiro atoms. The van der Waals surface area contributed by atoms with Gasteiger partial charge in [-0.05, 0) is 49.3 Å². The molecule has 1 N–H and O–H groups in total. The van der Waals surface area contributed by atoms with Crippen LogP contribution in [-0.2, 0) is 9.59 Å². The molecule has 2 amide bonds. The molecule has 5 nitrogen and oxygen atoms in total. The molecule has 1 aliphatic heterocycles. The second-order valence-electron chi connectivity index (χ2n) is 8.25. The minimum Gasteiger partial charge on any atom is -0.481 e. The third kappa shape index (κ3) is 6.56. The summed E-state index contributed by atoms with van der Waals surface area (Å²) in [7, 11) is 0. The summed E-state index contributed by atoms with van der Waals surface area (Å²) >= 11 is 0. The van der Waals surface area contributed by atoms with E-state index in [4.69, 9.17) is 4.74 Å². The van der Waals surface area contributed by atoms with Crippen LogP contribution >= 0.6 is 0 Å². The number of amides is 2. The highest BCUT2D eigenvalue weighted by Gasteiger charge is 2.27. The maximum absolute atomic E-state index is 12.7. The van der Waals surface area contributed by atoms with Gasteiger partial charge in [-0.1, -0.05) is 39.8 Å². The van der Waals surface area contributed by atoms with E-state index in [2.05, 4.69) is 19.2 Å². The highest BCUT2D eigenvalue weighted by Crippen LogP contribution is 2.20. The molecule has 0 saturated carbocycles. The lowest BCUT2D eigenvalue weighted by molar-refractivity contribution is -0.139. The molecule has 0 aromatic heterocycles. The number of rotatable bonds is 7. The van der Waals surface area contributed by atoms with Gasteiger partial charge in [-0.3, -0.25) is 9.59 Å². The Morgan fingerprint density at radius 2 is 1.67 bits per heavy atom. The molecule has 1 atom stereocenters. The van der Waals surface area contributed by atoms with E-state index in [1.165, 1.54) is 5.56 Å². The normalized spacial score (nSPS) is 16.5. The number of piperidine rings is 1. The van der Waals surface area contributed by atoms with E-state index in [9.17, 15) is 9.59 Å². The van der Waals surface area contributed by atoms with Crippen LogP contribution in [0.2, 0.25) is 0 Å². The molecule has 0 bridgehead atoms. The second kappa shape index (κ2) is 9.77. The monoisotopic (exact) mass is 374 g/mol. The molecule has 1 aliphatic rings. The molecule has 1 heterocycles. The van der Waals surface area contributed by atoms with Crippen LogP contribution in [0.4, 0.5) is 0 Å². The minimum atomic E-state index is -0.512. The molecule has 0 radical (unpaired) electrons. The van der Waals surface area contributed by atoms with Gasteiger partial charge in [0.15, 0.2) is 6.10 Å². The van der Waals surface area contributed by atoms with Crippen LogP contribution in [0, 0.1) is 5.92 Å². The largest absolute Gasteiger partial charge is 0.481 e. The zero-order chi connectivity index (χ0) is 20.0. The maximum atomic E-state index is 12.7. The fraction of sp³-hybridized carbons (Fsp3) is 0.636. The van der Waals surface area contributed by atoms with E-state index < -0.39 is 6.10 Å². The van der Waals surface area contributed by atoms with E-state index >= 15 is 0 Å². The summed E-state index contributed by atoms with van der Waals surface area (Å²) in [5.74, 6) is 1.67. The highest BCUT2D eigenvalue weighted by molar-refractivity contribution is 5.81. The summed E-state index contributed by atoms with van der Waals surface area (Å²) in [6, 6.07) is 8.11. The number of hydrogen-bond acceptors (Lipinski definition) is 3. The lowest BCUT2D eigenvalue weighted by atomic mass is 10.0. The van der Waals surface area contributed by atoms with Crippen molar-refractivity contribution in [2.24, 2.45) is 5.92 Å². The zero-order valence-electron chi connectivity index (χ0n) is 17.3. The molecule has 0 aliphatic carbocycles. The van der Waals surface area contributed by atoms with Crippen LogP contribution in [-0.4, -0.2) is 41.9 Å². The lowest BCUT2D eigenvalue weighted by Gasteiger charge is -2.34. The minimum absolute atomic E-state index is 0.00916. The van der Waals surface area contributed by atoms with Gasteiger partial charge in [-0.25, -0.2) is 0 Å². The Morgan fingerprint density at radius 3 is 2.19 bits per heavy atom. The predicted octanol–water partition coefficient (Wildman–Crippen LogP) is 3.73. The number of carbonyl (C=O) groups excluding carboxylic acids is 2. The van der Waals surface area contributed by atoms with Gasteiger partial charge in [0, 0.05) is 25.6 Å². The van der Waals surface area contributed by atoms with Crippen molar-refractivity contribution in [1.29, 1.82) is 0 Å². The third-order valence-electron chi connectivity index (χ3n) is 4.97. The molecule has 1 aromatic rings. The summed E-state index contributed by atoms with van der Waals surface area (Å²) in [6.07, 6.45) is 1.64. The predicted molar refractivity (Wildman–Crippen MR) is 108 cm³/mol. The Bertz CT molecular complexity index is 617. The van der Waals surface area contributed by atoms with E-state index in [0.717, 1.165) is 18.6 Å². The standard InChI is InChI=1S/C22H34N2O3/c1-15(2)14-21(25)23-19-10-12-24(13-11-19)22(26)17(5)27-20-8-6-18(7-9-20)16(3)4/h6-9,15-17,19H,10-14H2,1-5H3,(H,23,25). The van der Waals surface area contributed by atoms with Crippen molar-refractivity contribution in [3.05, 3.63) is 29.8 Å². The summed E-state index contributed by atoms with van der Waals surface area (Å²) in [5.41, 5.74) is 1.25. The van der Waals surface area contributed by atoms with E-state index in [1.54, 1.807) is 6.92 Å². The smallest absolute Gasteiger partial charge is 0.263 e. The third-order valence-corrected chi connectivity index (χ3v) is 4.97. The highest BCUT2D eigenvalue weighted by atomic mass is 16.5. The molecule has 1 fully saturated rings. The summed E-state index contributed by atoms with van der Waals surface area (Å²) in [4.78, 5) is 26.4. The average Bonchev–Trinajstić information content (AvgIpc) is 2.61. The van der Waals surface area contributed by atoms with Gasteiger partial charge >= 0.3 is 0 Å². The Morgan fingerprint density at radius 1 is 1.07 bits per heavy atom. The maximum Gasteiger partial charge on any atom is 0.263 e. The van der Waals surface area contributed by atoms with E-state index in [-0.39, 0.29) is 17.9 Å². The number of nitrogens with one attached hydrogen (secondary N) is 1. The molecule has 1 unspecified atom stereocenters. The topological polar surface area (TPSA) is 58.6 Å². The van der Waals surface area contributed by atoms with Crippen molar-refractivity contribution in [1.82, 2.24) is 10.2 Å². The first-order valence-corrected chi connectivity index (χ1v) is 10.1. The van der Waals surface area contributed by atoms with Crippen molar-refractivity contribution >= 4 is 11.8 Å². The molecular weight excluding hydrogens is 340 g/mol. The van der Waals surface area contributed by atoms with Crippen LogP contribution in [0.25, 0.3) is 0 Å². The molecular formula is C22H34N2O3. The van der Waals surface area contributed by atoms with Crippen LogP contribution in [0.5, 0.6) is 5.75 Å². The number of hydrogen-bond donors (Lipinski definition) is 1. The van der Waals surface area contributed by atoms with Gasteiger partial charge in [0.05, 0.1) is 0 Å². The van der Waals surface area contributed by atoms with Crippen LogP contribution in [0.1, 0.15) is 65.4 Å². The zero-order valence-corrected chi connectivity index (χ0v) is 17.3. The first-order valence-electron chi connectivity index (χ1n) is 10.1. The number of benzene rings is 1. The van der Waals surface area contributed by atoms with Crippen molar-refractivity contribution < 1.29 is 14.3 Å². The molecule has 2 rings (SSSR count). The van der Waals surface area contributed by atoms with Crippen LogP contribution in [0.3, 0.4) is 0 Å². The van der Waals surface area contributed by atoms with E-state index in [0.29, 0.717) is 31.3 Å². The number of nitrogens with zero attached hydrogens (tertiary/aromatic N) is 1. The fourth-order valence-corrected chi connectivity index (χ4v) is 3.34. The Labute approximate surface area is 163 Å². The Balaban J connectivity index is 1.79. The number of carbonyl (C=O) groups is 2. The Kier molecular flexibility index (Phi) is 7.69. The summed E-state index contributed by atoms with van der Waals surface area (Å²) in [5, 5.41) is 3.08. The van der Waals surface area contributed by atoms with Crippen molar-refractivity contribution in [2.45, 2.75) is 71.9 Å². The van der Waals surface area contributed by atoms with Gasteiger partial charge in [0.2, 0.25) is 5.91 Å². The average molecular weight is 375 g/mol. The fourth-order valence-electron chi connectivity index (χ4n) is 3.34. The van der Waals surface area contributed by atoms with Gasteiger partial charge in [-0.15, -0.1) is 0 Å². The SMILES string of the molecule is CC(C)CC(=O)NC1CCN(C(=O)C(C)Oc2ccc(C(C)C)cc2)CC1. The van der Waals surface area contributed by atoms with Crippen molar-refractivity contribution in [3.8, 4) is 5.75 Å².